The van der Waals surface area contributed by atoms with Gasteiger partial charge in [0.05, 0.1) is 23.5 Å². The van der Waals surface area contributed by atoms with E-state index in [2.05, 4.69) is 15.7 Å². The molecular weight excluding hydrogens is 332 g/mol. The lowest BCUT2D eigenvalue weighted by atomic mass is 10.0. The molecule has 1 fully saturated rings. The first-order chi connectivity index (χ1) is 11.0. The van der Waals surface area contributed by atoms with Crippen molar-refractivity contribution in [3.05, 3.63) is 52.5 Å². The number of thiophene rings is 1. The number of pyridine rings is 1. The average molecular weight is 350 g/mol. The summed E-state index contributed by atoms with van der Waals surface area (Å²) >= 11 is 1.61. The van der Waals surface area contributed by atoms with E-state index in [1.165, 1.54) is 0 Å². The maximum Gasteiger partial charge on any atom is 0.224 e. The molecule has 3 heterocycles. The second-order valence-electron chi connectivity index (χ2n) is 5.78. The first kappa shape index (κ1) is 16.1. The topological polar surface area (TPSA) is 76.1 Å². The van der Waals surface area contributed by atoms with Gasteiger partial charge in [-0.1, -0.05) is 6.07 Å². The number of rotatable bonds is 5. The van der Waals surface area contributed by atoms with Crippen LogP contribution in [0.3, 0.4) is 0 Å². The number of hydrogen-bond donors (Lipinski definition) is 1. The van der Waals surface area contributed by atoms with Crippen LogP contribution in [0.25, 0.3) is 0 Å². The number of aromatic nitrogens is 1. The van der Waals surface area contributed by atoms with Crippen molar-refractivity contribution in [1.82, 2.24) is 10.3 Å². The van der Waals surface area contributed by atoms with E-state index in [1.807, 2.05) is 23.6 Å². The Morgan fingerprint density at radius 2 is 2.30 bits per heavy atom. The molecule has 1 N–H and O–H groups in total. The van der Waals surface area contributed by atoms with Crippen LogP contribution in [-0.4, -0.2) is 30.8 Å². The lowest BCUT2D eigenvalue weighted by Gasteiger charge is -2.20. The lowest BCUT2D eigenvalue weighted by Crippen LogP contribution is -2.35. The van der Waals surface area contributed by atoms with Crippen LogP contribution in [0.15, 0.2) is 41.4 Å². The number of amides is 1. The molecule has 7 heteroatoms. The van der Waals surface area contributed by atoms with Crippen molar-refractivity contribution < 1.29 is 13.2 Å². The van der Waals surface area contributed by atoms with Gasteiger partial charge in [0, 0.05) is 12.4 Å². The fraction of sp³-hybridized carbons (Fsp3) is 0.375. The Morgan fingerprint density at radius 1 is 1.43 bits per heavy atom. The van der Waals surface area contributed by atoms with Crippen molar-refractivity contribution in [3.63, 3.8) is 0 Å². The summed E-state index contributed by atoms with van der Waals surface area (Å²) in [6.07, 6.45) is 4.51. The Hall–Kier alpha value is -1.73. The number of nitrogens with zero attached hydrogens (tertiary/aromatic N) is 1. The van der Waals surface area contributed by atoms with Gasteiger partial charge < -0.3 is 5.32 Å². The molecule has 0 aliphatic carbocycles. The van der Waals surface area contributed by atoms with E-state index in [4.69, 9.17) is 0 Å². The fourth-order valence-corrected chi connectivity index (χ4v) is 5.19. The molecule has 1 aliphatic rings. The maximum absolute atomic E-state index is 12.5. The van der Waals surface area contributed by atoms with Crippen LogP contribution in [-0.2, 0) is 21.1 Å². The molecule has 0 spiro atoms. The predicted molar refractivity (Wildman–Crippen MR) is 89.9 cm³/mol. The first-order valence-electron chi connectivity index (χ1n) is 7.45. The molecule has 0 unspecified atom stereocenters. The zero-order valence-corrected chi connectivity index (χ0v) is 14.1. The lowest BCUT2D eigenvalue weighted by molar-refractivity contribution is -0.125. The SMILES string of the molecule is O=C(N[C@@H](Cc1ccsc1)c1cccnc1)[C@H]1CCS(=O)(=O)C1. The van der Waals surface area contributed by atoms with Crippen molar-refractivity contribution in [3.8, 4) is 0 Å². The molecule has 1 aliphatic heterocycles. The van der Waals surface area contributed by atoms with Crippen LogP contribution in [0.1, 0.15) is 23.6 Å². The quantitative estimate of drug-likeness (QED) is 0.894. The van der Waals surface area contributed by atoms with Crippen LogP contribution in [0.5, 0.6) is 0 Å². The molecule has 1 saturated heterocycles. The van der Waals surface area contributed by atoms with Gasteiger partial charge in [0.1, 0.15) is 0 Å². The highest BCUT2D eigenvalue weighted by molar-refractivity contribution is 7.91. The molecule has 2 aromatic heterocycles. The van der Waals surface area contributed by atoms with Gasteiger partial charge in [-0.2, -0.15) is 11.3 Å². The first-order valence-corrected chi connectivity index (χ1v) is 10.2. The number of nitrogens with one attached hydrogen (secondary N) is 1. The minimum absolute atomic E-state index is 0.0446. The molecular formula is C16H18N2O3S2. The monoisotopic (exact) mass is 350 g/mol. The molecule has 3 rings (SSSR count). The third-order valence-electron chi connectivity index (χ3n) is 4.03. The predicted octanol–water partition coefficient (Wildman–Crippen LogP) is 1.98. The van der Waals surface area contributed by atoms with Crippen LogP contribution < -0.4 is 5.32 Å². The number of carbonyl (C=O) groups excluding carboxylic acids is 1. The normalized spacial score (nSPS) is 21.0. The highest BCUT2D eigenvalue weighted by Gasteiger charge is 2.33. The minimum atomic E-state index is -3.06. The van der Waals surface area contributed by atoms with E-state index in [0.717, 1.165) is 11.1 Å². The summed E-state index contributed by atoms with van der Waals surface area (Å²) in [7, 11) is -3.06. The summed E-state index contributed by atoms with van der Waals surface area (Å²) in [5, 5.41) is 7.06. The summed E-state index contributed by atoms with van der Waals surface area (Å²) in [5.41, 5.74) is 2.07. The van der Waals surface area contributed by atoms with Crippen LogP contribution in [0, 0.1) is 5.92 Å². The average Bonchev–Trinajstić information content (AvgIpc) is 3.16. The second kappa shape index (κ2) is 6.80. The molecule has 1 amide bonds. The smallest absolute Gasteiger partial charge is 0.224 e. The van der Waals surface area contributed by atoms with Gasteiger partial charge in [-0.05, 0) is 46.9 Å². The van der Waals surface area contributed by atoms with Crippen molar-refractivity contribution in [2.75, 3.05) is 11.5 Å². The van der Waals surface area contributed by atoms with E-state index in [9.17, 15) is 13.2 Å². The Morgan fingerprint density at radius 3 is 2.91 bits per heavy atom. The zero-order valence-electron chi connectivity index (χ0n) is 12.5. The zero-order chi connectivity index (χ0) is 16.3. The van der Waals surface area contributed by atoms with Crippen LogP contribution >= 0.6 is 11.3 Å². The molecule has 5 nitrogen and oxygen atoms in total. The van der Waals surface area contributed by atoms with Crippen molar-refractivity contribution >= 4 is 27.1 Å². The number of sulfone groups is 1. The molecule has 0 radical (unpaired) electrons. The molecule has 23 heavy (non-hydrogen) atoms. The molecule has 0 bridgehead atoms. The van der Waals surface area contributed by atoms with Crippen molar-refractivity contribution in [2.24, 2.45) is 5.92 Å². The summed E-state index contributed by atoms with van der Waals surface area (Å²) in [6.45, 7) is 0. The maximum atomic E-state index is 12.5. The third-order valence-corrected chi connectivity index (χ3v) is 6.53. The number of carbonyl (C=O) groups is 1. The molecule has 2 atom stereocenters. The third kappa shape index (κ3) is 4.17. The van der Waals surface area contributed by atoms with Crippen LogP contribution in [0.4, 0.5) is 0 Å². The Kier molecular flexibility index (Phi) is 4.77. The van der Waals surface area contributed by atoms with E-state index >= 15 is 0 Å². The van der Waals surface area contributed by atoms with Gasteiger partial charge >= 0.3 is 0 Å². The molecule has 2 aromatic rings. The minimum Gasteiger partial charge on any atom is -0.349 e. The van der Waals surface area contributed by atoms with Gasteiger partial charge in [0.15, 0.2) is 9.84 Å². The van der Waals surface area contributed by atoms with E-state index in [0.29, 0.717) is 12.8 Å². The van der Waals surface area contributed by atoms with Crippen molar-refractivity contribution in [1.29, 1.82) is 0 Å². The molecule has 122 valence electrons. The summed E-state index contributed by atoms with van der Waals surface area (Å²) in [5.74, 6) is -0.568. The summed E-state index contributed by atoms with van der Waals surface area (Å²) in [4.78, 5) is 16.6. The largest absolute Gasteiger partial charge is 0.349 e. The van der Waals surface area contributed by atoms with Gasteiger partial charge in [-0.15, -0.1) is 0 Å². The second-order valence-corrected chi connectivity index (χ2v) is 8.79. The highest BCUT2D eigenvalue weighted by atomic mass is 32.2. The van der Waals surface area contributed by atoms with Gasteiger partial charge in [0.25, 0.3) is 0 Å². The summed E-state index contributed by atoms with van der Waals surface area (Å²) < 4.78 is 23.1. The van der Waals surface area contributed by atoms with Gasteiger partial charge in [-0.3, -0.25) is 9.78 Å². The number of hydrogen-bond acceptors (Lipinski definition) is 5. The van der Waals surface area contributed by atoms with E-state index < -0.39 is 15.8 Å². The Balaban J connectivity index is 1.75. The fourth-order valence-electron chi connectivity index (χ4n) is 2.77. The van der Waals surface area contributed by atoms with Crippen molar-refractivity contribution in [2.45, 2.75) is 18.9 Å². The standard InChI is InChI=1S/C16H18N2O3S2/c19-16(14-4-7-23(20,21)11-14)18-15(8-12-3-6-22-10-12)13-2-1-5-17-9-13/h1-3,5-6,9-10,14-15H,4,7-8,11H2,(H,18,19)/t14-,15-/m0/s1. The highest BCUT2D eigenvalue weighted by Crippen LogP contribution is 2.23. The summed E-state index contributed by atoms with van der Waals surface area (Å²) in [6, 6.07) is 5.59. The van der Waals surface area contributed by atoms with Gasteiger partial charge in [0.2, 0.25) is 5.91 Å². The Labute approximate surface area is 139 Å². The van der Waals surface area contributed by atoms with Crippen LogP contribution in [0.2, 0.25) is 0 Å². The van der Waals surface area contributed by atoms with Gasteiger partial charge in [-0.25, -0.2) is 8.42 Å². The Bertz CT molecular complexity index is 758. The molecule has 0 saturated carbocycles. The van der Waals surface area contributed by atoms with E-state index in [-0.39, 0.29) is 23.5 Å². The van der Waals surface area contributed by atoms with E-state index in [1.54, 1.807) is 23.7 Å². The molecule has 0 aromatic carbocycles.